The van der Waals surface area contributed by atoms with Gasteiger partial charge in [-0.25, -0.2) is 4.79 Å². The molecule has 8 atom stereocenters. The summed E-state index contributed by atoms with van der Waals surface area (Å²) in [6.07, 6.45) is -0.986. The SMILES string of the molecule is CO[C@H]1O[C@H](CO)[C@@H](O)[C@H](O)[C@H]1OC(=O)c1cc(Cl)c(OCc2cn(CCCC(=O)CCC3CCC(C)(C)C(C)SC3NO)nn2)c(Cl)c1C. The first kappa shape index (κ1) is 40.7. The molecule has 0 aliphatic carbocycles. The van der Waals surface area contributed by atoms with Crippen LogP contribution in [-0.4, -0.2) is 102 Å². The lowest BCUT2D eigenvalue weighted by molar-refractivity contribution is -0.293. The van der Waals surface area contributed by atoms with E-state index in [1.54, 1.807) is 29.6 Å². The molecule has 2 aliphatic heterocycles. The normalized spacial score (nSPS) is 28.2. The van der Waals surface area contributed by atoms with Crippen LogP contribution in [0.4, 0.5) is 0 Å². The molecule has 17 heteroatoms. The van der Waals surface area contributed by atoms with E-state index in [0.29, 0.717) is 36.8 Å². The molecule has 1 aromatic carbocycles. The van der Waals surface area contributed by atoms with Crippen LogP contribution in [0, 0.1) is 18.3 Å². The Morgan fingerprint density at radius 3 is 2.64 bits per heavy atom. The van der Waals surface area contributed by atoms with Gasteiger partial charge in [0, 0.05) is 31.7 Å². The number of hydroxylamine groups is 1. The molecule has 3 unspecified atom stereocenters. The Hall–Kier alpha value is -2.05. The van der Waals surface area contributed by atoms with Crippen LogP contribution in [-0.2, 0) is 32.2 Å². The van der Waals surface area contributed by atoms with Gasteiger partial charge < -0.3 is 39.5 Å². The van der Waals surface area contributed by atoms with E-state index in [-0.39, 0.29) is 56.0 Å². The van der Waals surface area contributed by atoms with Crippen molar-refractivity contribution < 1.29 is 49.1 Å². The predicted molar refractivity (Wildman–Crippen MR) is 185 cm³/mol. The van der Waals surface area contributed by atoms with Crippen molar-refractivity contribution in [1.82, 2.24) is 20.5 Å². The van der Waals surface area contributed by atoms with E-state index in [1.807, 2.05) is 0 Å². The van der Waals surface area contributed by atoms with Crippen molar-refractivity contribution in [2.45, 2.75) is 121 Å². The van der Waals surface area contributed by atoms with E-state index in [2.05, 4.69) is 36.6 Å². The first-order chi connectivity index (χ1) is 23.7. The number of nitrogens with one attached hydrogen (secondary N) is 1. The highest BCUT2D eigenvalue weighted by molar-refractivity contribution is 8.00. The summed E-state index contributed by atoms with van der Waals surface area (Å²) in [6.45, 7) is 8.15. The first-order valence-electron chi connectivity index (χ1n) is 16.6. The third kappa shape index (κ3) is 9.88. The molecule has 50 heavy (non-hydrogen) atoms. The van der Waals surface area contributed by atoms with E-state index in [0.717, 1.165) is 19.3 Å². The number of carbonyl (C=O) groups is 2. The summed E-state index contributed by atoms with van der Waals surface area (Å²) in [5, 5.41) is 48.5. The number of hydrogen-bond donors (Lipinski definition) is 5. The van der Waals surface area contributed by atoms with Gasteiger partial charge in [-0.1, -0.05) is 49.2 Å². The van der Waals surface area contributed by atoms with Crippen LogP contribution in [0.25, 0.3) is 0 Å². The molecule has 1 aromatic heterocycles. The number of aryl methyl sites for hydroxylation is 1. The van der Waals surface area contributed by atoms with Crippen molar-refractivity contribution >= 4 is 46.7 Å². The predicted octanol–water partition coefficient (Wildman–Crippen LogP) is 4.08. The zero-order valence-corrected chi connectivity index (χ0v) is 31.2. The first-order valence-corrected chi connectivity index (χ1v) is 18.3. The van der Waals surface area contributed by atoms with Gasteiger partial charge in [-0.2, -0.15) is 5.48 Å². The molecule has 0 spiro atoms. The number of ketones is 1. The average Bonchev–Trinajstić information content (AvgIpc) is 3.50. The summed E-state index contributed by atoms with van der Waals surface area (Å²) in [5.74, 6) is -0.397. The zero-order valence-electron chi connectivity index (χ0n) is 28.9. The van der Waals surface area contributed by atoms with Gasteiger partial charge >= 0.3 is 5.97 Å². The van der Waals surface area contributed by atoms with Crippen LogP contribution >= 0.6 is 35.0 Å². The molecule has 0 bridgehead atoms. The highest BCUT2D eigenvalue weighted by Gasteiger charge is 2.47. The number of ether oxygens (including phenoxy) is 4. The number of carbonyl (C=O) groups excluding carboxylic acids is 2. The number of halogens is 2. The largest absolute Gasteiger partial charge is 0.484 e. The van der Waals surface area contributed by atoms with E-state index >= 15 is 0 Å². The van der Waals surface area contributed by atoms with E-state index < -0.39 is 43.3 Å². The lowest BCUT2D eigenvalue weighted by Gasteiger charge is -2.40. The maximum atomic E-state index is 13.1. The number of aliphatic hydroxyl groups is 3. The standard InChI is InChI=1S/C33H48Cl2N4O10S/c1-17-22(31(44)49-29-27(43)26(42)24(15-40)48-32(29)46-5)13-23(34)28(25(17)35)47-16-20-14-39(38-36-20)12-6-7-21(41)9-8-19-10-11-33(3,4)18(2)50-30(19)37-45/h13-14,18-19,24,26-27,29-30,32,37,40,42-43,45H,6-12,15-16H2,1-5H3/t18?,19?,24-,26-,27+,29-,30?,32+/m1/s1. The van der Waals surface area contributed by atoms with Crippen molar-refractivity contribution in [3.05, 3.63) is 39.1 Å². The molecule has 2 saturated heterocycles. The number of aromatic nitrogens is 3. The Labute approximate surface area is 306 Å². The van der Waals surface area contributed by atoms with Crippen molar-refractivity contribution in [2.75, 3.05) is 13.7 Å². The van der Waals surface area contributed by atoms with Crippen molar-refractivity contribution in [2.24, 2.45) is 11.3 Å². The Kier molecular flexibility index (Phi) is 14.8. The number of aliphatic hydroxyl groups excluding tert-OH is 3. The highest BCUT2D eigenvalue weighted by atomic mass is 35.5. The lowest BCUT2D eigenvalue weighted by atomic mass is 9.81. The number of rotatable bonds is 15. The Morgan fingerprint density at radius 1 is 1.22 bits per heavy atom. The molecular formula is C33H48Cl2N4O10S. The molecule has 0 amide bonds. The number of thioether (sulfide) groups is 1. The second kappa shape index (κ2) is 18.1. The average molecular weight is 764 g/mol. The maximum absolute atomic E-state index is 13.1. The van der Waals surface area contributed by atoms with Gasteiger partial charge in [0.15, 0.2) is 18.1 Å². The van der Waals surface area contributed by atoms with Crippen LogP contribution in [0.15, 0.2) is 12.3 Å². The maximum Gasteiger partial charge on any atom is 0.339 e. The van der Waals surface area contributed by atoms with E-state index in [9.17, 15) is 30.1 Å². The number of benzene rings is 1. The summed E-state index contributed by atoms with van der Waals surface area (Å²) in [5.41, 5.74) is 3.42. The monoisotopic (exact) mass is 762 g/mol. The highest BCUT2D eigenvalue weighted by Crippen LogP contribution is 2.44. The van der Waals surface area contributed by atoms with Gasteiger partial charge in [-0.15, -0.1) is 16.9 Å². The second-order valence-corrected chi connectivity index (χ2v) is 15.8. The molecule has 0 radical (unpaired) electrons. The molecule has 280 valence electrons. The number of esters is 1. The molecule has 2 aliphatic rings. The number of nitrogens with zero attached hydrogens (tertiary/aromatic N) is 3. The molecular weight excluding hydrogens is 715 g/mol. The molecule has 2 fully saturated rings. The van der Waals surface area contributed by atoms with Gasteiger partial charge in [0.1, 0.15) is 36.4 Å². The quantitative estimate of drug-likeness (QED) is 0.129. The minimum atomic E-state index is -1.59. The van der Waals surface area contributed by atoms with Crippen LogP contribution in [0.3, 0.4) is 0 Å². The van der Waals surface area contributed by atoms with Crippen LogP contribution in [0.2, 0.25) is 10.0 Å². The Bertz CT molecular complexity index is 1460. The summed E-state index contributed by atoms with van der Waals surface area (Å²) in [6, 6.07) is 1.32. The fraction of sp³-hybridized carbons (Fsp3) is 0.697. The number of hydrogen-bond acceptors (Lipinski definition) is 14. The van der Waals surface area contributed by atoms with Crippen LogP contribution in [0.5, 0.6) is 5.75 Å². The molecule has 5 N–H and O–H groups in total. The lowest BCUT2D eigenvalue weighted by Crippen LogP contribution is -2.60. The minimum Gasteiger partial charge on any atom is -0.484 e. The smallest absolute Gasteiger partial charge is 0.339 e. The van der Waals surface area contributed by atoms with Gasteiger partial charge in [0.05, 0.1) is 33.8 Å². The van der Waals surface area contributed by atoms with E-state index in [4.69, 9.17) is 42.1 Å². The Morgan fingerprint density at radius 2 is 1.96 bits per heavy atom. The fourth-order valence-electron chi connectivity index (χ4n) is 6.03. The van der Waals surface area contributed by atoms with Crippen molar-refractivity contribution in [3.8, 4) is 5.75 Å². The van der Waals surface area contributed by atoms with Gasteiger partial charge in [0.2, 0.25) is 0 Å². The molecule has 14 nitrogen and oxygen atoms in total. The summed E-state index contributed by atoms with van der Waals surface area (Å²) in [7, 11) is 1.27. The summed E-state index contributed by atoms with van der Waals surface area (Å²) >= 11 is 14.7. The third-order valence-corrected chi connectivity index (χ3v) is 12.3. The fourth-order valence-corrected chi connectivity index (χ4v) is 8.07. The van der Waals surface area contributed by atoms with Gasteiger partial charge in [0.25, 0.3) is 0 Å². The van der Waals surface area contributed by atoms with Gasteiger partial charge in [-0.3, -0.25) is 9.48 Å². The minimum absolute atomic E-state index is 0.00905. The number of Topliss-reactive ketones (excluding diaryl/α,β-unsaturated/α-hetero) is 1. The summed E-state index contributed by atoms with van der Waals surface area (Å²) < 4.78 is 23.5. The topological polar surface area (TPSA) is 195 Å². The second-order valence-electron chi connectivity index (χ2n) is 13.5. The number of methoxy groups -OCH3 is 1. The summed E-state index contributed by atoms with van der Waals surface area (Å²) in [4.78, 5) is 25.8. The van der Waals surface area contributed by atoms with E-state index in [1.165, 1.54) is 13.2 Å². The van der Waals surface area contributed by atoms with Crippen molar-refractivity contribution in [3.63, 3.8) is 0 Å². The van der Waals surface area contributed by atoms with Crippen LogP contribution < -0.4 is 10.2 Å². The Balaban J connectivity index is 1.27. The third-order valence-electron chi connectivity index (χ3n) is 9.69. The molecule has 4 rings (SSSR count). The van der Waals surface area contributed by atoms with Gasteiger partial charge in [-0.05, 0) is 55.6 Å². The van der Waals surface area contributed by atoms with Crippen molar-refractivity contribution in [1.29, 1.82) is 0 Å². The molecule has 2 aromatic rings. The molecule has 3 heterocycles. The van der Waals surface area contributed by atoms with Crippen LogP contribution in [0.1, 0.15) is 80.9 Å². The zero-order chi connectivity index (χ0) is 36.7. The molecule has 0 saturated carbocycles.